The van der Waals surface area contributed by atoms with Crippen LogP contribution in [0.15, 0.2) is 58.0 Å². The van der Waals surface area contributed by atoms with Crippen LogP contribution in [-0.4, -0.2) is 6.29 Å². The normalized spacial score (nSPS) is 11.2. The number of halogens is 2. The molecular formula is C15H10Br2O2. The number of hydrogen-bond donors (Lipinski definition) is 0. The molecule has 0 saturated heterocycles. The van der Waals surface area contributed by atoms with Gasteiger partial charge in [-0.1, -0.05) is 62.2 Å². The van der Waals surface area contributed by atoms with Crippen LogP contribution in [0.4, 0.5) is 0 Å². The van der Waals surface area contributed by atoms with Crippen molar-refractivity contribution in [3.63, 3.8) is 0 Å². The lowest BCUT2D eigenvalue weighted by atomic mass is 10.2. The molecule has 96 valence electrons. The van der Waals surface area contributed by atoms with Crippen molar-refractivity contribution >= 4 is 43.9 Å². The van der Waals surface area contributed by atoms with Crippen LogP contribution >= 0.6 is 31.9 Å². The first-order valence-electron chi connectivity index (χ1n) is 5.53. The van der Waals surface area contributed by atoms with E-state index in [9.17, 15) is 4.79 Å². The van der Waals surface area contributed by atoms with Gasteiger partial charge in [-0.3, -0.25) is 4.79 Å². The van der Waals surface area contributed by atoms with Gasteiger partial charge in [-0.05, 0) is 18.2 Å². The molecule has 0 unspecified atom stereocenters. The highest BCUT2D eigenvalue weighted by atomic mass is 79.9. The third-order valence-electron chi connectivity index (χ3n) is 2.48. The van der Waals surface area contributed by atoms with Crippen molar-refractivity contribution in [2.75, 3.05) is 0 Å². The zero-order chi connectivity index (χ0) is 13.7. The Kier molecular flexibility index (Phi) is 4.93. The highest BCUT2D eigenvalue weighted by Gasteiger charge is 2.08. The van der Waals surface area contributed by atoms with Crippen molar-refractivity contribution in [3.05, 3.63) is 69.1 Å². The van der Waals surface area contributed by atoms with Gasteiger partial charge >= 0.3 is 0 Å². The molecule has 0 aliphatic rings. The van der Waals surface area contributed by atoms with E-state index in [1.165, 1.54) is 0 Å². The Hall–Kier alpha value is -1.39. The summed E-state index contributed by atoms with van der Waals surface area (Å²) in [5, 5.41) is 0. The predicted molar refractivity (Wildman–Crippen MR) is 83.5 cm³/mol. The molecule has 2 aromatic carbocycles. The maximum absolute atomic E-state index is 11.0. The van der Waals surface area contributed by atoms with E-state index in [1.807, 2.05) is 30.3 Å². The van der Waals surface area contributed by atoms with Crippen molar-refractivity contribution in [2.45, 2.75) is 0 Å². The van der Waals surface area contributed by atoms with Gasteiger partial charge in [0.15, 0.2) is 6.29 Å². The Morgan fingerprint density at radius 1 is 1.11 bits per heavy atom. The average molecular weight is 382 g/mol. The Balaban J connectivity index is 2.34. The Bertz CT molecular complexity index is 607. The van der Waals surface area contributed by atoms with E-state index in [4.69, 9.17) is 4.74 Å². The summed E-state index contributed by atoms with van der Waals surface area (Å²) in [4.78, 5) is 12.7. The van der Waals surface area contributed by atoms with E-state index in [-0.39, 0.29) is 0 Å². The Morgan fingerprint density at radius 2 is 1.84 bits per heavy atom. The first-order valence-corrected chi connectivity index (χ1v) is 7.24. The molecule has 0 N–H and O–H groups in total. The molecule has 0 aromatic heterocycles. The molecule has 4 heteroatoms. The lowest BCUT2D eigenvalue weighted by Gasteiger charge is -2.11. The first-order chi connectivity index (χ1) is 9.24. The van der Waals surface area contributed by atoms with E-state index in [1.54, 1.807) is 23.2 Å². The van der Waals surface area contributed by atoms with Crippen molar-refractivity contribution in [3.8, 4) is 5.75 Å². The van der Waals surface area contributed by atoms with Gasteiger partial charge < -0.3 is 4.74 Å². The number of aldehydes is 1. The number of carbonyl (C=O) groups is 1. The molecule has 0 bridgehead atoms. The van der Waals surface area contributed by atoms with Crippen molar-refractivity contribution in [2.24, 2.45) is 0 Å². The summed E-state index contributed by atoms with van der Waals surface area (Å²) in [5.74, 6) is 1.15. The van der Waals surface area contributed by atoms with E-state index < -0.39 is 0 Å². The smallest absolute Gasteiger partial charge is 0.153 e. The summed E-state index contributed by atoms with van der Waals surface area (Å²) in [6, 6.07) is 14.9. The van der Waals surface area contributed by atoms with Gasteiger partial charge in [0.1, 0.15) is 11.5 Å². The summed E-state index contributed by atoms with van der Waals surface area (Å²) in [6.07, 6.45) is 0.776. The van der Waals surface area contributed by atoms with Gasteiger partial charge in [-0.2, -0.15) is 0 Å². The standard InChI is InChI=1S/C15H10Br2O2/c16-9-15(11-4-2-1-3-5-11)19-14-8-13(17)7-6-12(14)10-18/h1-10H/b15-9-. The van der Waals surface area contributed by atoms with Crippen LogP contribution in [0.1, 0.15) is 15.9 Å². The van der Waals surface area contributed by atoms with E-state index >= 15 is 0 Å². The number of rotatable bonds is 4. The highest BCUT2D eigenvalue weighted by molar-refractivity contribution is 9.11. The number of ether oxygens (including phenoxy) is 1. The van der Waals surface area contributed by atoms with Crippen LogP contribution < -0.4 is 4.74 Å². The van der Waals surface area contributed by atoms with Crippen LogP contribution in [0.3, 0.4) is 0 Å². The Morgan fingerprint density at radius 3 is 2.47 bits per heavy atom. The van der Waals surface area contributed by atoms with E-state index in [0.717, 1.165) is 16.3 Å². The molecule has 2 nitrogen and oxygen atoms in total. The topological polar surface area (TPSA) is 26.3 Å². The summed E-state index contributed by atoms with van der Waals surface area (Å²) in [5.41, 5.74) is 1.43. The second-order valence-corrected chi connectivity index (χ2v) is 5.11. The lowest BCUT2D eigenvalue weighted by molar-refractivity contribution is 0.112. The summed E-state index contributed by atoms with van der Waals surface area (Å²) in [6.45, 7) is 0. The van der Waals surface area contributed by atoms with Gasteiger partial charge in [0, 0.05) is 15.0 Å². The highest BCUT2D eigenvalue weighted by Crippen LogP contribution is 2.27. The third-order valence-corrected chi connectivity index (χ3v) is 3.39. The minimum atomic E-state index is 0.506. The number of carbonyl (C=O) groups excluding carboxylic acids is 1. The van der Waals surface area contributed by atoms with Gasteiger partial charge in [0.05, 0.1) is 5.56 Å². The maximum Gasteiger partial charge on any atom is 0.153 e. The van der Waals surface area contributed by atoms with Crippen LogP contribution in [0.2, 0.25) is 0 Å². The lowest BCUT2D eigenvalue weighted by Crippen LogP contribution is -1.97. The number of benzene rings is 2. The monoisotopic (exact) mass is 380 g/mol. The van der Waals surface area contributed by atoms with Crippen molar-refractivity contribution < 1.29 is 9.53 Å². The van der Waals surface area contributed by atoms with Crippen molar-refractivity contribution in [1.82, 2.24) is 0 Å². The zero-order valence-electron chi connectivity index (χ0n) is 9.85. The second kappa shape index (κ2) is 6.68. The van der Waals surface area contributed by atoms with Crippen molar-refractivity contribution in [1.29, 1.82) is 0 Å². The van der Waals surface area contributed by atoms with Crippen LogP contribution in [-0.2, 0) is 0 Å². The molecule has 0 aliphatic heterocycles. The average Bonchev–Trinajstić information content (AvgIpc) is 2.46. The third kappa shape index (κ3) is 3.55. The van der Waals surface area contributed by atoms with Crippen LogP contribution in [0, 0.1) is 0 Å². The molecule has 2 aromatic rings. The molecule has 0 radical (unpaired) electrons. The van der Waals surface area contributed by atoms with Crippen LogP contribution in [0.25, 0.3) is 5.76 Å². The fourth-order valence-electron chi connectivity index (χ4n) is 1.56. The van der Waals surface area contributed by atoms with E-state index in [2.05, 4.69) is 31.9 Å². The Labute approximate surface area is 128 Å². The van der Waals surface area contributed by atoms with Gasteiger partial charge in [-0.15, -0.1) is 0 Å². The SMILES string of the molecule is O=Cc1ccc(Br)cc1O/C(=C\Br)c1ccccc1. The number of hydrogen-bond acceptors (Lipinski definition) is 2. The summed E-state index contributed by atoms with van der Waals surface area (Å²) < 4.78 is 6.66. The zero-order valence-corrected chi connectivity index (χ0v) is 13.0. The van der Waals surface area contributed by atoms with Gasteiger partial charge in [0.25, 0.3) is 0 Å². The molecular weight excluding hydrogens is 372 g/mol. The van der Waals surface area contributed by atoms with Gasteiger partial charge in [-0.25, -0.2) is 0 Å². The molecule has 0 spiro atoms. The minimum absolute atomic E-state index is 0.506. The van der Waals surface area contributed by atoms with Crippen LogP contribution in [0.5, 0.6) is 5.75 Å². The van der Waals surface area contributed by atoms with Gasteiger partial charge in [0.2, 0.25) is 0 Å². The summed E-state index contributed by atoms with van der Waals surface area (Å²) >= 11 is 6.65. The summed E-state index contributed by atoms with van der Waals surface area (Å²) in [7, 11) is 0. The fraction of sp³-hybridized carbons (Fsp3) is 0. The van der Waals surface area contributed by atoms with E-state index in [0.29, 0.717) is 17.1 Å². The molecule has 0 amide bonds. The first kappa shape index (κ1) is 14.0. The largest absolute Gasteiger partial charge is 0.455 e. The molecule has 0 aliphatic carbocycles. The maximum atomic E-state index is 11.0. The molecule has 19 heavy (non-hydrogen) atoms. The predicted octanol–water partition coefficient (Wildman–Crippen LogP) is 5.03. The quantitative estimate of drug-likeness (QED) is 0.548. The molecule has 0 atom stereocenters. The fourth-order valence-corrected chi connectivity index (χ4v) is 2.26. The molecule has 0 saturated carbocycles. The molecule has 0 fully saturated rings. The molecule has 0 heterocycles. The second-order valence-electron chi connectivity index (χ2n) is 3.74. The minimum Gasteiger partial charge on any atom is -0.455 e. The molecule has 2 rings (SSSR count).